The lowest BCUT2D eigenvalue weighted by atomic mass is 9.80. The molecule has 0 bridgehead atoms. The Balaban J connectivity index is 1.54. The fraction of sp³-hybridized carbons (Fsp3) is 0.393. The number of esters is 1. The third kappa shape index (κ3) is 5.19. The third-order valence-corrected chi connectivity index (χ3v) is 7.52. The predicted octanol–water partition coefficient (Wildman–Crippen LogP) is 0.605. The number of carbonyl (C=O) groups excluding carboxylic acids is 1. The summed E-state index contributed by atoms with van der Waals surface area (Å²) in [6, 6.07) is 8.87. The smallest absolute Gasteiger partial charge is 0.354 e. The van der Waals surface area contributed by atoms with Gasteiger partial charge in [0, 0.05) is 28.1 Å². The predicted molar refractivity (Wildman–Crippen MR) is 141 cm³/mol. The van der Waals surface area contributed by atoms with E-state index < -0.39 is 67.4 Å². The lowest BCUT2D eigenvalue weighted by Gasteiger charge is -2.43. The maximum Gasteiger partial charge on any atom is 0.354 e. The molecule has 41 heavy (non-hydrogen) atoms. The molecule has 2 aliphatic rings. The summed E-state index contributed by atoms with van der Waals surface area (Å²) in [7, 11) is 1.21. The van der Waals surface area contributed by atoms with Gasteiger partial charge in [0.1, 0.15) is 30.1 Å². The van der Waals surface area contributed by atoms with Gasteiger partial charge in [0.25, 0.3) is 0 Å². The summed E-state index contributed by atoms with van der Waals surface area (Å²) in [5, 5.41) is 51.5. The summed E-state index contributed by atoms with van der Waals surface area (Å²) < 4.78 is 22.0. The number of aromatic carboxylic acids is 1. The molecule has 13 heteroatoms. The Hall–Kier alpha value is -3.85. The van der Waals surface area contributed by atoms with Crippen LogP contribution in [-0.2, 0) is 30.2 Å². The molecule has 4 heterocycles. The van der Waals surface area contributed by atoms with Crippen LogP contribution in [0.5, 0.6) is 0 Å². The fourth-order valence-corrected chi connectivity index (χ4v) is 5.37. The Morgan fingerprint density at radius 2 is 1.88 bits per heavy atom. The van der Waals surface area contributed by atoms with E-state index in [1.807, 2.05) is 24.3 Å². The van der Waals surface area contributed by atoms with Crippen molar-refractivity contribution in [1.82, 2.24) is 9.97 Å². The molecule has 5 rings (SSSR count). The number of benzene rings is 1. The molecule has 0 saturated carbocycles. The molecule has 1 fully saturated rings. The number of ether oxygens (including phenoxy) is 4. The fourth-order valence-electron chi connectivity index (χ4n) is 5.37. The number of aliphatic hydroxyl groups is 4. The molecule has 1 saturated heterocycles. The van der Waals surface area contributed by atoms with E-state index >= 15 is 0 Å². The highest BCUT2D eigenvalue weighted by Crippen LogP contribution is 2.38. The Bertz CT molecular complexity index is 1500. The molecule has 0 radical (unpaired) electrons. The van der Waals surface area contributed by atoms with Crippen LogP contribution in [0.4, 0.5) is 0 Å². The third-order valence-electron chi connectivity index (χ3n) is 7.52. The number of hydrogen-bond acceptors (Lipinski definition) is 11. The number of carboxylic acid groups (broad SMARTS) is 1. The molecular formula is C28H30N2O11. The number of fused-ring (bicyclic) bond motifs is 3. The lowest BCUT2D eigenvalue weighted by Crippen LogP contribution is -2.60. The molecular weight excluding hydrogens is 540 g/mol. The summed E-state index contributed by atoms with van der Waals surface area (Å²) in [6.07, 6.45) is -6.23. The second-order valence-electron chi connectivity index (χ2n) is 9.88. The molecule has 2 aromatic heterocycles. The lowest BCUT2D eigenvalue weighted by molar-refractivity contribution is -0.339. The monoisotopic (exact) mass is 570 g/mol. The number of aromatic nitrogens is 2. The van der Waals surface area contributed by atoms with Crippen LogP contribution in [0.3, 0.4) is 0 Å². The van der Waals surface area contributed by atoms with Crippen molar-refractivity contribution in [2.45, 2.75) is 43.4 Å². The van der Waals surface area contributed by atoms with E-state index in [2.05, 4.69) is 16.5 Å². The molecule has 218 valence electrons. The van der Waals surface area contributed by atoms with Gasteiger partial charge in [-0.25, -0.2) is 14.6 Å². The van der Waals surface area contributed by atoms with Crippen molar-refractivity contribution in [2.24, 2.45) is 11.8 Å². The maximum absolute atomic E-state index is 12.8. The van der Waals surface area contributed by atoms with Gasteiger partial charge in [0.05, 0.1) is 36.8 Å². The van der Waals surface area contributed by atoms with Crippen molar-refractivity contribution in [3.63, 3.8) is 0 Å². The van der Waals surface area contributed by atoms with Gasteiger partial charge in [-0.15, -0.1) is 6.58 Å². The number of nitrogens with zero attached hydrogens (tertiary/aromatic N) is 1. The summed E-state index contributed by atoms with van der Waals surface area (Å²) in [5.41, 5.74) is 1.64. The number of methoxy groups -OCH3 is 1. The first-order valence-electron chi connectivity index (χ1n) is 12.8. The normalized spacial score (nSPS) is 30.0. The number of carbonyl (C=O) groups is 2. The number of pyridine rings is 1. The standard InChI is InChI=1S/C28H30N2O11/c1-3-12-14(8-18-21-15(9-19(29-18)25(35)36)13-6-4-5-7-17(13)30-21)16(26(37)38-2)11-39-27(12)41-28-24(34)23(33)22(32)20(10-31)40-28/h3-7,9,11-12,14,20,22-24,27-28,30-34H,1,8,10H2,2H3,(H,35,36)/t12-,14-,20-,22-,23+,24-,27-,28+/m1/s1. The van der Waals surface area contributed by atoms with Gasteiger partial charge in [-0.05, 0) is 18.6 Å². The summed E-state index contributed by atoms with van der Waals surface area (Å²) in [5.74, 6) is -3.47. The molecule has 6 N–H and O–H groups in total. The van der Waals surface area contributed by atoms with Crippen LogP contribution < -0.4 is 0 Å². The first-order chi connectivity index (χ1) is 19.7. The number of aromatic amines is 1. The second-order valence-corrected chi connectivity index (χ2v) is 9.88. The van der Waals surface area contributed by atoms with Crippen LogP contribution in [0, 0.1) is 11.8 Å². The Labute approximate surface area is 233 Å². The Morgan fingerprint density at radius 1 is 1.12 bits per heavy atom. The van der Waals surface area contributed by atoms with Crippen molar-refractivity contribution in [2.75, 3.05) is 13.7 Å². The number of H-pyrrole nitrogens is 1. The minimum Gasteiger partial charge on any atom is -0.477 e. The number of aliphatic hydroxyl groups excluding tert-OH is 4. The topological polar surface area (TPSA) is 201 Å². The molecule has 0 spiro atoms. The Kier molecular flexibility index (Phi) is 8.09. The van der Waals surface area contributed by atoms with Crippen molar-refractivity contribution in [3.05, 3.63) is 66.2 Å². The molecule has 2 aliphatic heterocycles. The van der Waals surface area contributed by atoms with Gasteiger partial charge in [-0.3, -0.25) is 0 Å². The number of nitrogens with one attached hydrogen (secondary N) is 1. The van der Waals surface area contributed by atoms with Crippen molar-refractivity contribution in [1.29, 1.82) is 0 Å². The van der Waals surface area contributed by atoms with Crippen LogP contribution in [0.15, 0.2) is 54.8 Å². The minimum absolute atomic E-state index is 0.0277. The average molecular weight is 571 g/mol. The number of hydrogen-bond donors (Lipinski definition) is 6. The van der Waals surface area contributed by atoms with E-state index in [4.69, 9.17) is 18.9 Å². The van der Waals surface area contributed by atoms with E-state index in [0.717, 1.165) is 17.2 Å². The number of rotatable bonds is 8. The van der Waals surface area contributed by atoms with Gasteiger partial charge in [-0.2, -0.15) is 0 Å². The van der Waals surface area contributed by atoms with Crippen LogP contribution in [-0.4, -0.2) is 98.2 Å². The minimum atomic E-state index is -1.69. The first kappa shape index (κ1) is 28.7. The quantitative estimate of drug-likeness (QED) is 0.163. The second kappa shape index (κ2) is 11.6. The summed E-state index contributed by atoms with van der Waals surface area (Å²) >= 11 is 0. The highest BCUT2D eigenvalue weighted by Gasteiger charge is 2.47. The average Bonchev–Trinajstić information content (AvgIpc) is 3.36. The maximum atomic E-state index is 12.8. The molecule has 13 nitrogen and oxygen atoms in total. The molecule has 0 aliphatic carbocycles. The van der Waals surface area contributed by atoms with Crippen LogP contribution in [0.1, 0.15) is 16.2 Å². The van der Waals surface area contributed by atoms with Crippen LogP contribution in [0.2, 0.25) is 0 Å². The first-order valence-corrected chi connectivity index (χ1v) is 12.8. The van der Waals surface area contributed by atoms with E-state index in [1.165, 1.54) is 19.3 Å². The highest BCUT2D eigenvalue weighted by molar-refractivity contribution is 6.09. The van der Waals surface area contributed by atoms with Crippen LogP contribution in [0.25, 0.3) is 21.8 Å². The van der Waals surface area contributed by atoms with E-state index in [-0.39, 0.29) is 17.7 Å². The van der Waals surface area contributed by atoms with E-state index in [9.17, 15) is 35.1 Å². The zero-order chi connectivity index (χ0) is 29.4. The van der Waals surface area contributed by atoms with Crippen LogP contribution >= 0.6 is 0 Å². The Morgan fingerprint density at radius 3 is 2.56 bits per heavy atom. The van der Waals surface area contributed by atoms with E-state index in [1.54, 1.807) is 0 Å². The van der Waals surface area contributed by atoms with Gasteiger partial charge < -0.3 is 49.5 Å². The van der Waals surface area contributed by atoms with Crippen molar-refractivity contribution in [3.8, 4) is 0 Å². The summed E-state index contributed by atoms with van der Waals surface area (Å²) in [6.45, 7) is 3.21. The highest BCUT2D eigenvalue weighted by atomic mass is 16.8. The summed E-state index contributed by atoms with van der Waals surface area (Å²) in [4.78, 5) is 32.5. The van der Waals surface area contributed by atoms with Crippen molar-refractivity contribution < 1.29 is 54.1 Å². The molecule has 3 aromatic rings. The zero-order valence-electron chi connectivity index (χ0n) is 21.9. The molecule has 0 unspecified atom stereocenters. The molecule has 0 amide bonds. The van der Waals surface area contributed by atoms with Gasteiger partial charge >= 0.3 is 11.9 Å². The SMILES string of the molecule is C=C[C@H]1[C@@H](O[C@@H]2O[C@H](CO)[C@@H](O)[C@H](O)[C@H]2O)OC=C(C(=O)OC)[C@@H]1Cc1nc(C(=O)O)cc2c1[nH]c1ccccc12. The number of para-hydroxylation sites is 1. The zero-order valence-corrected chi connectivity index (χ0v) is 21.9. The van der Waals surface area contributed by atoms with Gasteiger partial charge in [0.15, 0.2) is 6.29 Å². The number of carboxylic acids is 1. The molecule has 1 aromatic carbocycles. The van der Waals surface area contributed by atoms with Crippen molar-refractivity contribution >= 4 is 33.7 Å². The van der Waals surface area contributed by atoms with E-state index in [0.29, 0.717) is 16.6 Å². The largest absolute Gasteiger partial charge is 0.477 e. The van der Waals surface area contributed by atoms with Gasteiger partial charge in [0.2, 0.25) is 6.29 Å². The van der Waals surface area contributed by atoms with Gasteiger partial charge in [-0.1, -0.05) is 24.3 Å². The molecule has 8 atom stereocenters.